The number of piperidine rings is 1. The number of hydrogen-bond acceptors (Lipinski definition) is 4. The average molecular weight is 195 g/mol. The molecule has 4 heteroatoms. The summed E-state index contributed by atoms with van der Waals surface area (Å²) in [4.78, 5) is 2.34. The van der Waals surface area contributed by atoms with Gasteiger partial charge in [0, 0.05) is 18.7 Å². The molecule has 0 aromatic carbocycles. The Morgan fingerprint density at radius 2 is 2.50 bits per heavy atom. The third kappa shape index (κ3) is 2.26. The maximum Gasteiger partial charge on any atom is 0.169 e. The minimum Gasteiger partial charge on any atom is -0.363 e. The van der Waals surface area contributed by atoms with E-state index in [1.165, 1.54) is 19.4 Å². The normalized spacial score (nSPS) is 23.7. The molecule has 1 saturated heterocycles. The van der Waals surface area contributed by atoms with Gasteiger partial charge in [0.1, 0.15) is 5.76 Å². The fraction of sp³-hybridized carbons (Fsp3) is 0.700. The molecule has 1 fully saturated rings. The predicted octanol–water partition coefficient (Wildman–Crippen LogP) is 1.49. The van der Waals surface area contributed by atoms with Crippen LogP contribution in [0.15, 0.2) is 10.6 Å². The van der Waals surface area contributed by atoms with Crippen LogP contribution in [0.2, 0.25) is 0 Å². The highest BCUT2D eigenvalue weighted by molar-refractivity contribution is 5.34. The van der Waals surface area contributed by atoms with Crippen LogP contribution >= 0.6 is 0 Å². The lowest BCUT2D eigenvalue weighted by Gasteiger charge is -2.29. The Morgan fingerprint density at radius 1 is 1.64 bits per heavy atom. The lowest BCUT2D eigenvalue weighted by Crippen LogP contribution is -2.39. The molecule has 1 atom stereocenters. The van der Waals surface area contributed by atoms with Crippen LogP contribution in [0.3, 0.4) is 0 Å². The van der Waals surface area contributed by atoms with Crippen molar-refractivity contribution >= 4 is 5.82 Å². The van der Waals surface area contributed by atoms with Crippen LogP contribution in [0.1, 0.15) is 18.6 Å². The minimum atomic E-state index is 0.512. The number of rotatable bonds is 2. The third-order valence-electron chi connectivity index (χ3n) is 2.60. The van der Waals surface area contributed by atoms with Crippen molar-refractivity contribution in [3.8, 4) is 0 Å². The van der Waals surface area contributed by atoms with E-state index in [1.807, 2.05) is 13.0 Å². The van der Waals surface area contributed by atoms with Crippen LogP contribution < -0.4 is 5.32 Å². The van der Waals surface area contributed by atoms with Gasteiger partial charge in [-0.25, -0.2) is 0 Å². The van der Waals surface area contributed by atoms with Crippen LogP contribution in [0.4, 0.5) is 5.82 Å². The van der Waals surface area contributed by atoms with E-state index in [0.717, 1.165) is 18.1 Å². The second-order valence-electron chi connectivity index (χ2n) is 4.07. The maximum atomic E-state index is 5.01. The summed E-state index contributed by atoms with van der Waals surface area (Å²) in [5.74, 6) is 1.72. The van der Waals surface area contributed by atoms with Crippen molar-refractivity contribution in [3.05, 3.63) is 11.8 Å². The van der Waals surface area contributed by atoms with Crippen molar-refractivity contribution < 1.29 is 4.52 Å². The molecule has 2 rings (SSSR count). The monoisotopic (exact) mass is 195 g/mol. The fourth-order valence-corrected chi connectivity index (χ4v) is 1.93. The number of hydrogen-bond donors (Lipinski definition) is 1. The molecule has 78 valence electrons. The van der Waals surface area contributed by atoms with E-state index in [-0.39, 0.29) is 0 Å². The smallest absolute Gasteiger partial charge is 0.169 e. The zero-order valence-electron chi connectivity index (χ0n) is 8.79. The fourth-order valence-electron chi connectivity index (χ4n) is 1.93. The molecule has 4 nitrogen and oxygen atoms in total. The van der Waals surface area contributed by atoms with Gasteiger partial charge in [0.05, 0.1) is 0 Å². The third-order valence-corrected chi connectivity index (χ3v) is 2.60. The predicted molar refractivity (Wildman–Crippen MR) is 55.4 cm³/mol. The molecule has 1 aromatic rings. The van der Waals surface area contributed by atoms with Gasteiger partial charge in [0.2, 0.25) is 0 Å². The molecule has 0 saturated carbocycles. The molecule has 14 heavy (non-hydrogen) atoms. The summed E-state index contributed by atoms with van der Waals surface area (Å²) >= 11 is 0. The van der Waals surface area contributed by atoms with Gasteiger partial charge < -0.3 is 14.7 Å². The molecular weight excluding hydrogens is 178 g/mol. The van der Waals surface area contributed by atoms with Crippen LogP contribution in [-0.2, 0) is 0 Å². The number of aryl methyl sites for hydroxylation is 1. The molecule has 1 aromatic heterocycles. The average Bonchev–Trinajstić information content (AvgIpc) is 2.51. The van der Waals surface area contributed by atoms with Gasteiger partial charge in [-0.15, -0.1) is 0 Å². The Bertz CT molecular complexity index is 297. The van der Waals surface area contributed by atoms with E-state index in [0.29, 0.717) is 6.04 Å². The van der Waals surface area contributed by atoms with Crippen molar-refractivity contribution in [2.45, 2.75) is 25.8 Å². The molecule has 1 N–H and O–H groups in total. The molecule has 2 heterocycles. The first-order valence-electron chi connectivity index (χ1n) is 5.12. The van der Waals surface area contributed by atoms with E-state index in [1.54, 1.807) is 0 Å². The Labute approximate surface area is 84.3 Å². The lowest BCUT2D eigenvalue weighted by atomic mass is 10.1. The lowest BCUT2D eigenvalue weighted by molar-refractivity contribution is 0.260. The second-order valence-corrected chi connectivity index (χ2v) is 4.07. The molecule has 1 aliphatic rings. The Morgan fingerprint density at radius 3 is 3.14 bits per heavy atom. The van der Waals surface area contributed by atoms with Crippen molar-refractivity contribution in [2.24, 2.45) is 0 Å². The van der Waals surface area contributed by atoms with Gasteiger partial charge in [0.15, 0.2) is 5.82 Å². The number of likely N-dealkylation sites (tertiary alicyclic amines) is 1. The van der Waals surface area contributed by atoms with Gasteiger partial charge in [0.25, 0.3) is 0 Å². The Balaban J connectivity index is 1.90. The standard InChI is InChI=1S/C10H17N3O/c1-8-6-10(12-14-8)11-9-4-3-5-13(2)7-9/h6,9H,3-5,7H2,1-2H3,(H,11,12). The number of nitrogens with one attached hydrogen (secondary N) is 1. The molecule has 0 spiro atoms. The maximum absolute atomic E-state index is 5.01. The van der Waals surface area contributed by atoms with Crippen LogP contribution in [-0.4, -0.2) is 36.2 Å². The Kier molecular flexibility index (Phi) is 2.72. The Hall–Kier alpha value is -1.03. The van der Waals surface area contributed by atoms with Gasteiger partial charge in [-0.05, 0) is 33.4 Å². The van der Waals surface area contributed by atoms with E-state index < -0.39 is 0 Å². The van der Waals surface area contributed by atoms with Crippen LogP contribution in [0.5, 0.6) is 0 Å². The summed E-state index contributed by atoms with van der Waals surface area (Å²) in [6, 6.07) is 2.45. The zero-order valence-corrected chi connectivity index (χ0v) is 8.79. The SMILES string of the molecule is Cc1cc(NC2CCCN(C)C2)no1. The summed E-state index contributed by atoms with van der Waals surface area (Å²) < 4.78 is 5.01. The summed E-state index contributed by atoms with van der Waals surface area (Å²) in [5, 5.41) is 7.32. The first-order valence-corrected chi connectivity index (χ1v) is 5.12. The summed E-state index contributed by atoms with van der Waals surface area (Å²) in [6.45, 7) is 4.20. The first-order chi connectivity index (χ1) is 6.74. The summed E-state index contributed by atoms with van der Waals surface area (Å²) in [6.07, 6.45) is 2.47. The molecule has 0 aliphatic carbocycles. The highest BCUT2D eigenvalue weighted by atomic mass is 16.5. The highest BCUT2D eigenvalue weighted by Gasteiger charge is 2.17. The van der Waals surface area contributed by atoms with Crippen molar-refractivity contribution in [1.29, 1.82) is 0 Å². The quantitative estimate of drug-likeness (QED) is 0.776. The summed E-state index contributed by atoms with van der Waals surface area (Å²) in [7, 11) is 2.15. The van der Waals surface area contributed by atoms with Crippen LogP contribution in [0, 0.1) is 6.92 Å². The summed E-state index contributed by atoms with van der Waals surface area (Å²) in [5.41, 5.74) is 0. The van der Waals surface area contributed by atoms with Crippen molar-refractivity contribution in [1.82, 2.24) is 10.1 Å². The zero-order chi connectivity index (χ0) is 9.97. The molecule has 1 unspecified atom stereocenters. The molecule has 0 radical (unpaired) electrons. The van der Waals surface area contributed by atoms with E-state index in [2.05, 4.69) is 22.4 Å². The van der Waals surface area contributed by atoms with Crippen molar-refractivity contribution in [3.63, 3.8) is 0 Å². The van der Waals surface area contributed by atoms with Gasteiger partial charge in [-0.3, -0.25) is 0 Å². The van der Waals surface area contributed by atoms with E-state index in [4.69, 9.17) is 4.52 Å². The first kappa shape index (κ1) is 9.52. The minimum absolute atomic E-state index is 0.512. The van der Waals surface area contributed by atoms with Gasteiger partial charge in [-0.2, -0.15) is 0 Å². The van der Waals surface area contributed by atoms with E-state index >= 15 is 0 Å². The molecule has 0 bridgehead atoms. The molecule has 0 amide bonds. The van der Waals surface area contributed by atoms with Crippen molar-refractivity contribution in [2.75, 3.05) is 25.5 Å². The molecule has 1 aliphatic heterocycles. The second kappa shape index (κ2) is 4.00. The van der Waals surface area contributed by atoms with E-state index in [9.17, 15) is 0 Å². The van der Waals surface area contributed by atoms with Gasteiger partial charge in [-0.1, -0.05) is 5.16 Å². The van der Waals surface area contributed by atoms with Gasteiger partial charge >= 0.3 is 0 Å². The van der Waals surface area contributed by atoms with Crippen LogP contribution in [0.25, 0.3) is 0 Å². The number of anilines is 1. The topological polar surface area (TPSA) is 41.3 Å². The number of likely N-dealkylation sites (N-methyl/N-ethyl adjacent to an activating group) is 1. The number of aromatic nitrogens is 1. The highest BCUT2D eigenvalue weighted by Crippen LogP contribution is 2.14. The largest absolute Gasteiger partial charge is 0.363 e. The number of nitrogens with zero attached hydrogens (tertiary/aromatic N) is 2. The molecular formula is C10H17N3O.